The van der Waals surface area contributed by atoms with Crippen LogP contribution in [0.4, 0.5) is 17.6 Å². The molecule has 0 aliphatic heterocycles. The van der Waals surface area contributed by atoms with Gasteiger partial charge < -0.3 is 5.11 Å². The van der Waals surface area contributed by atoms with E-state index in [1.54, 1.807) is 0 Å². The number of alkyl halides is 2. The van der Waals surface area contributed by atoms with Crippen LogP contribution in [0.1, 0.15) is 19.8 Å². The molecule has 0 radical (unpaired) electrons. The number of hydrogen-bond donors (Lipinski definition) is 1. The molecule has 94 valence electrons. The zero-order chi connectivity index (χ0) is 12.8. The highest BCUT2D eigenvalue weighted by Gasteiger charge is 2.27. The summed E-state index contributed by atoms with van der Waals surface area (Å²) in [4.78, 5) is 10.2. The summed E-state index contributed by atoms with van der Waals surface area (Å²) in [5.74, 6) is -4.41. The van der Waals surface area contributed by atoms with Crippen LogP contribution in [-0.2, 0) is 4.79 Å². The van der Waals surface area contributed by atoms with Gasteiger partial charge in [-0.25, -0.2) is 8.78 Å². The second-order valence-corrected chi connectivity index (χ2v) is 3.08. The van der Waals surface area contributed by atoms with Crippen molar-refractivity contribution in [2.45, 2.75) is 25.7 Å². The predicted octanol–water partition coefficient (Wildman–Crippen LogP) is 2.02. The second-order valence-electron chi connectivity index (χ2n) is 3.08. The first kappa shape index (κ1) is 14.7. The highest BCUT2D eigenvalue weighted by Crippen LogP contribution is 2.22. The maximum Gasteiger partial charge on any atom is 0.381 e. The zero-order valence-electron chi connectivity index (χ0n) is 8.59. The minimum absolute atomic E-state index is 0.404. The Morgan fingerprint density at radius 1 is 1.44 bits per heavy atom. The van der Waals surface area contributed by atoms with E-state index in [-0.39, 0.29) is 0 Å². The van der Waals surface area contributed by atoms with E-state index in [4.69, 9.17) is 5.11 Å². The summed E-state index contributed by atoms with van der Waals surface area (Å²) < 4.78 is 49.1. The molecule has 0 atom stereocenters. The van der Waals surface area contributed by atoms with Crippen LogP contribution in [0.3, 0.4) is 0 Å². The van der Waals surface area contributed by atoms with Gasteiger partial charge in [-0.3, -0.25) is 9.80 Å². The lowest BCUT2D eigenvalue weighted by Gasteiger charge is -2.19. The third kappa shape index (κ3) is 7.02. The molecule has 0 unspecified atom stereocenters. The Labute approximate surface area is 89.5 Å². The molecule has 1 N–H and O–H groups in total. The maximum absolute atomic E-state index is 12.8. The molecule has 0 aromatic carbocycles. The van der Waals surface area contributed by atoms with E-state index < -0.39 is 44.0 Å². The van der Waals surface area contributed by atoms with Crippen LogP contribution in [-0.4, -0.2) is 41.3 Å². The Kier molecular flexibility index (Phi) is 5.76. The number of carboxylic acids is 1. The Morgan fingerprint density at radius 2 is 2.00 bits per heavy atom. The van der Waals surface area contributed by atoms with Crippen LogP contribution in [0.15, 0.2) is 5.10 Å². The normalized spacial score (nSPS) is 11.1. The molecule has 4 nitrogen and oxygen atoms in total. The first-order valence-corrected chi connectivity index (χ1v) is 4.51. The SMILES string of the molecule is CCC(F)(F)CCN(CC(=O)O)N=C(F)F. The highest BCUT2D eigenvalue weighted by atomic mass is 19.3. The molecule has 0 aliphatic carbocycles. The first-order valence-electron chi connectivity index (χ1n) is 4.51. The monoisotopic (exact) mass is 244 g/mol. The van der Waals surface area contributed by atoms with E-state index in [0.29, 0.717) is 5.01 Å². The summed E-state index contributed by atoms with van der Waals surface area (Å²) in [6.07, 6.45) is -3.51. The Morgan fingerprint density at radius 3 is 2.38 bits per heavy atom. The fraction of sp³-hybridized carbons (Fsp3) is 0.750. The number of carboxylic acid groups (broad SMARTS) is 1. The van der Waals surface area contributed by atoms with Crippen LogP contribution >= 0.6 is 0 Å². The van der Waals surface area contributed by atoms with Gasteiger partial charge in [-0.05, 0) is 0 Å². The van der Waals surface area contributed by atoms with Crippen LogP contribution in [0.5, 0.6) is 0 Å². The smallest absolute Gasteiger partial charge is 0.381 e. The number of halogens is 4. The van der Waals surface area contributed by atoms with Gasteiger partial charge in [-0.2, -0.15) is 0 Å². The molecule has 0 aliphatic rings. The minimum atomic E-state index is -3.00. The van der Waals surface area contributed by atoms with E-state index in [9.17, 15) is 22.4 Å². The maximum atomic E-state index is 12.8. The third-order valence-electron chi connectivity index (χ3n) is 1.79. The van der Waals surface area contributed by atoms with E-state index in [0.717, 1.165) is 0 Å². The van der Waals surface area contributed by atoms with Crippen molar-refractivity contribution >= 4 is 12.2 Å². The standard InChI is InChI=1S/C8H12F4N2O2/c1-2-8(11,12)3-4-14(5-6(15)16)13-7(9)10/h2-5H2,1H3,(H,15,16). The molecule has 0 spiro atoms. The average Bonchev–Trinajstić information content (AvgIpc) is 2.13. The van der Waals surface area contributed by atoms with Gasteiger partial charge in [0.05, 0.1) is 0 Å². The van der Waals surface area contributed by atoms with E-state index in [2.05, 4.69) is 5.10 Å². The summed E-state index contributed by atoms with van der Waals surface area (Å²) >= 11 is 0. The van der Waals surface area contributed by atoms with Crippen molar-refractivity contribution in [3.63, 3.8) is 0 Å². The lowest BCUT2D eigenvalue weighted by molar-refractivity contribution is -0.138. The molecule has 0 saturated heterocycles. The predicted molar refractivity (Wildman–Crippen MR) is 48.7 cm³/mol. The van der Waals surface area contributed by atoms with Crippen molar-refractivity contribution in [2.75, 3.05) is 13.1 Å². The fourth-order valence-corrected chi connectivity index (χ4v) is 0.897. The van der Waals surface area contributed by atoms with Gasteiger partial charge in [0.2, 0.25) is 5.92 Å². The Hall–Kier alpha value is -1.34. The van der Waals surface area contributed by atoms with Gasteiger partial charge >= 0.3 is 12.2 Å². The molecule has 0 saturated carbocycles. The minimum Gasteiger partial charge on any atom is -0.480 e. The largest absolute Gasteiger partial charge is 0.480 e. The summed E-state index contributed by atoms with van der Waals surface area (Å²) in [6.45, 7) is -0.123. The van der Waals surface area contributed by atoms with Gasteiger partial charge in [0, 0.05) is 19.4 Å². The van der Waals surface area contributed by atoms with Gasteiger partial charge in [0.25, 0.3) is 0 Å². The third-order valence-corrected chi connectivity index (χ3v) is 1.79. The highest BCUT2D eigenvalue weighted by molar-refractivity contribution is 5.69. The number of aliphatic carboxylic acids is 1. The number of carbonyl (C=O) groups is 1. The van der Waals surface area contributed by atoms with Crippen molar-refractivity contribution in [3.8, 4) is 0 Å². The topological polar surface area (TPSA) is 52.9 Å². The number of hydrogen-bond acceptors (Lipinski definition) is 3. The quantitative estimate of drug-likeness (QED) is 0.423. The Bertz CT molecular complexity index is 267. The van der Waals surface area contributed by atoms with Crippen molar-refractivity contribution < 1.29 is 27.5 Å². The molecular formula is C8H12F4N2O2. The summed E-state index contributed by atoms with van der Waals surface area (Å²) in [6, 6.07) is 0. The molecule has 0 aromatic rings. The molecule has 8 heteroatoms. The van der Waals surface area contributed by atoms with Gasteiger partial charge in [0.1, 0.15) is 6.54 Å². The van der Waals surface area contributed by atoms with Gasteiger partial charge in [0.15, 0.2) is 0 Å². The zero-order valence-corrected chi connectivity index (χ0v) is 8.59. The second kappa shape index (κ2) is 6.29. The fourth-order valence-electron chi connectivity index (χ4n) is 0.897. The van der Waals surface area contributed by atoms with Crippen LogP contribution in [0, 0.1) is 0 Å². The van der Waals surface area contributed by atoms with Gasteiger partial charge in [-0.15, -0.1) is 13.9 Å². The molecule has 0 heterocycles. The van der Waals surface area contributed by atoms with E-state index >= 15 is 0 Å². The van der Waals surface area contributed by atoms with Crippen LogP contribution < -0.4 is 0 Å². The van der Waals surface area contributed by atoms with E-state index in [1.165, 1.54) is 6.92 Å². The van der Waals surface area contributed by atoms with Crippen molar-refractivity contribution in [1.29, 1.82) is 0 Å². The van der Waals surface area contributed by atoms with Gasteiger partial charge in [-0.1, -0.05) is 6.92 Å². The molecule has 0 bridgehead atoms. The summed E-state index contributed by atoms with van der Waals surface area (Å²) in [5.41, 5.74) is 0. The van der Waals surface area contributed by atoms with Crippen LogP contribution in [0.2, 0.25) is 0 Å². The molecule has 0 fully saturated rings. The average molecular weight is 244 g/mol. The molecular weight excluding hydrogens is 232 g/mol. The van der Waals surface area contributed by atoms with Crippen LogP contribution in [0.25, 0.3) is 0 Å². The van der Waals surface area contributed by atoms with E-state index in [1.807, 2.05) is 0 Å². The number of rotatable bonds is 7. The number of hydrazone groups is 1. The summed E-state index contributed by atoms with van der Waals surface area (Å²) in [5, 5.41) is 11.3. The molecule has 16 heavy (non-hydrogen) atoms. The lowest BCUT2D eigenvalue weighted by atomic mass is 10.2. The van der Waals surface area contributed by atoms with Crippen molar-refractivity contribution in [1.82, 2.24) is 5.01 Å². The lowest BCUT2D eigenvalue weighted by Crippen LogP contribution is -2.30. The molecule has 0 rings (SSSR count). The van der Waals surface area contributed by atoms with Crippen molar-refractivity contribution in [3.05, 3.63) is 0 Å². The first-order chi connectivity index (χ1) is 7.26. The Balaban J connectivity index is 4.33. The number of nitrogens with zero attached hydrogens (tertiary/aromatic N) is 2. The molecule has 0 aromatic heterocycles. The molecule has 0 amide bonds. The summed E-state index contributed by atoms with van der Waals surface area (Å²) in [7, 11) is 0. The van der Waals surface area contributed by atoms with Crippen molar-refractivity contribution in [2.24, 2.45) is 5.10 Å².